The van der Waals surface area contributed by atoms with E-state index >= 15 is 0 Å². The van der Waals surface area contributed by atoms with Gasteiger partial charge in [-0.2, -0.15) is 10.1 Å². The number of rotatable bonds is 5. The number of hydrogen-bond acceptors (Lipinski definition) is 4. The third-order valence-corrected chi connectivity index (χ3v) is 5.56. The van der Waals surface area contributed by atoms with Gasteiger partial charge in [-0.25, -0.2) is 4.68 Å². The van der Waals surface area contributed by atoms with Crippen LogP contribution in [-0.2, 0) is 4.79 Å². The molecule has 0 spiro atoms. The summed E-state index contributed by atoms with van der Waals surface area (Å²) < 4.78 is 7.43. The predicted octanol–water partition coefficient (Wildman–Crippen LogP) is 4.81. The SMILES string of the molecule is CCCC(=O)N1c2ncnn2[C@H](c2ccccc2OC)C[C@@H]1c1ccc(Cl)cc1. The number of para-hydroxylation sites is 1. The van der Waals surface area contributed by atoms with Gasteiger partial charge in [0, 0.05) is 17.0 Å². The predicted molar refractivity (Wildman–Crippen MR) is 112 cm³/mol. The quantitative estimate of drug-likeness (QED) is 0.605. The molecule has 0 N–H and O–H groups in total. The van der Waals surface area contributed by atoms with E-state index in [-0.39, 0.29) is 18.0 Å². The van der Waals surface area contributed by atoms with Gasteiger partial charge in [0.05, 0.1) is 19.2 Å². The lowest BCUT2D eigenvalue weighted by atomic mass is 9.91. The summed E-state index contributed by atoms with van der Waals surface area (Å²) >= 11 is 6.10. The van der Waals surface area contributed by atoms with Crippen LogP contribution in [0.5, 0.6) is 5.75 Å². The van der Waals surface area contributed by atoms with E-state index in [1.165, 1.54) is 6.33 Å². The van der Waals surface area contributed by atoms with Crippen LogP contribution in [0, 0.1) is 0 Å². The number of anilines is 1. The highest BCUT2D eigenvalue weighted by Crippen LogP contribution is 2.44. The summed E-state index contributed by atoms with van der Waals surface area (Å²) in [5.41, 5.74) is 2.04. The Labute approximate surface area is 175 Å². The molecule has 2 heterocycles. The Bertz CT molecular complexity index is 1000. The molecule has 0 radical (unpaired) electrons. The third-order valence-electron chi connectivity index (χ3n) is 5.31. The Balaban J connectivity index is 1.85. The molecule has 1 aliphatic rings. The number of fused-ring (bicyclic) bond motifs is 1. The van der Waals surface area contributed by atoms with Gasteiger partial charge in [0.1, 0.15) is 12.1 Å². The van der Waals surface area contributed by atoms with Crippen LogP contribution in [0.4, 0.5) is 5.95 Å². The van der Waals surface area contributed by atoms with Crippen molar-refractivity contribution in [3.05, 3.63) is 71.0 Å². The Morgan fingerprint density at radius 2 is 1.93 bits per heavy atom. The summed E-state index contributed by atoms with van der Waals surface area (Å²) in [6, 6.07) is 15.3. The van der Waals surface area contributed by atoms with Crippen LogP contribution in [0.25, 0.3) is 0 Å². The summed E-state index contributed by atoms with van der Waals surface area (Å²) in [6.07, 6.45) is 3.39. The lowest BCUT2D eigenvalue weighted by Crippen LogP contribution is -2.42. The third kappa shape index (κ3) is 3.60. The Hall–Kier alpha value is -2.86. The summed E-state index contributed by atoms with van der Waals surface area (Å²) in [6.45, 7) is 2.00. The van der Waals surface area contributed by atoms with Crippen molar-refractivity contribution in [1.29, 1.82) is 0 Å². The second kappa shape index (κ2) is 8.25. The zero-order chi connectivity index (χ0) is 20.4. The molecule has 0 bridgehead atoms. The molecule has 0 saturated heterocycles. The van der Waals surface area contributed by atoms with E-state index in [0.717, 1.165) is 23.3 Å². The first-order valence-corrected chi connectivity index (χ1v) is 10.1. The number of carbonyl (C=O) groups excluding carboxylic acids is 1. The van der Waals surface area contributed by atoms with Crippen molar-refractivity contribution in [1.82, 2.24) is 14.8 Å². The molecule has 1 aliphatic heterocycles. The molecule has 2 atom stereocenters. The minimum atomic E-state index is -0.169. The summed E-state index contributed by atoms with van der Waals surface area (Å²) in [7, 11) is 1.66. The second-order valence-corrected chi connectivity index (χ2v) is 7.52. The molecule has 4 rings (SSSR count). The topological polar surface area (TPSA) is 60.2 Å². The van der Waals surface area contributed by atoms with Crippen LogP contribution in [-0.4, -0.2) is 27.8 Å². The first-order valence-electron chi connectivity index (χ1n) is 9.74. The number of halogens is 1. The second-order valence-electron chi connectivity index (χ2n) is 7.08. The van der Waals surface area contributed by atoms with Crippen LogP contribution in [0.1, 0.15) is 49.4 Å². The molecule has 6 nitrogen and oxygen atoms in total. The number of nitrogens with zero attached hydrogens (tertiary/aromatic N) is 4. The monoisotopic (exact) mass is 410 g/mol. The van der Waals surface area contributed by atoms with E-state index in [1.54, 1.807) is 12.0 Å². The van der Waals surface area contributed by atoms with E-state index in [4.69, 9.17) is 16.3 Å². The van der Waals surface area contributed by atoms with Crippen molar-refractivity contribution in [3.8, 4) is 5.75 Å². The molecule has 3 aromatic rings. The summed E-state index contributed by atoms with van der Waals surface area (Å²) in [4.78, 5) is 19.3. The van der Waals surface area contributed by atoms with Gasteiger partial charge in [0.15, 0.2) is 0 Å². The lowest BCUT2D eigenvalue weighted by molar-refractivity contribution is -0.119. The van der Waals surface area contributed by atoms with Crippen LogP contribution in [0.3, 0.4) is 0 Å². The normalized spacial score (nSPS) is 18.4. The smallest absolute Gasteiger partial charge is 0.231 e. The molecule has 2 aromatic carbocycles. The van der Waals surface area contributed by atoms with Gasteiger partial charge in [0.2, 0.25) is 11.9 Å². The summed E-state index contributed by atoms with van der Waals surface area (Å²) in [5.74, 6) is 1.40. The van der Waals surface area contributed by atoms with E-state index < -0.39 is 0 Å². The maximum atomic E-state index is 13.1. The highest BCUT2D eigenvalue weighted by atomic mass is 35.5. The van der Waals surface area contributed by atoms with Crippen LogP contribution < -0.4 is 9.64 Å². The van der Waals surface area contributed by atoms with Gasteiger partial charge in [-0.05, 0) is 36.6 Å². The highest BCUT2D eigenvalue weighted by molar-refractivity contribution is 6.30. The molecule has 1 aromatic heterocycles. The molecular formula is C22H23ClN4O2. The zero-order valence-electron chi connectivity index (χ0n) is 16.5. The number of aromatic nitrogens is 3. The van der Waals surface area contributed by atoms with Gasteiger partial charge in [-0.3, -0.25) is 9.69 Å². The lowest BCUT2D eigenvalue weighted by Gasteiger charge is -2.39. The van der Waals surface area contributed by atoms with Crippen molar-refractivity contribution in [3.63, 3.8) is 0 Å². The summed E-state index contributed by atoms with van der Waals surface area (Å²) in [5, 5.41) is 5.13. The number of hydrogen-bond donors (Lipinski definition) is 0. The van der Waals surface area contributed by atoms with E-state index in [1.807, 2.05) is 60.1 Å². The minimum absolute atomic E-state index is 0.0418. The molecule has 1 amide bonds. The number of benzene rings is 2. The molecular weight excluding hydrogens is 388 g/mol. The van der Waals surface area contributed by atoms with Crippen LogP contribution >= 0.6 is 11.6 Å². The zero-order valence-corrected chi connectivity index (χ0v) is 17.2. The molecule has 0 saturated carbocycles. The molecule has 7 heteroatoms. The fourth-order valence-corrected chi connectivity index (χ4v) is 4.11. The van der Waals surface area contributed by atoms with Crippen molar-refractivity contribution >= 4 is 23.5 Å². The maximum absolute atomic E-state index is 13.1. The highest BCUT2D eigenvalue weighted by Gasteiger charge is 2.39. The number of carbonyl (C=O) groups is 1. The van der Waals surface area contributed by atoms with Gasteiger partial charge in [0.25, 0.3) is 0 Å². The van der Waals surface area contributed by atoms with E-state index in [0.29, 0.717) is 23.8 Å². The Morgan fingerprint density at radius 1 is 1.17 bits per heavy atom. The fourth-order valence-electron chi connectivity index (χ4n) is 3.98. The van der Waals surface area contributed by atoms with Gasteiger partial charge in [-0.1, -0.05) is 48.9 Å². The standard InChI is InChI=1S/C22H23ClN4O2/c1-3-6-21(28)26-18(15-9-11-16(23)12-10-15)13-19(27-22(26)24-14-25-27)17-7-4-5-8-20(17)29-2/h4-5,7-12,14,18-19H,3,6,13H2,1-2H3/t18-,19+/m1/s1. The first kappa shape index (κ1) is 19.5. The van der Waals surface area contributed by atoms with Crippen molar-refractivity contribution in [2.75, 3.05) is 12.0 Å². The molecule has 150 valence electrons. The molecule has 0 fully saturated rings. The van der Waals surface area contributed by atoms with Crippen molar-refractivity contribution in [2.24, 2.45) is 0 Å². The van der Waals surface area contributed by atoms with Crippen LogP contribution in [0.15, 0.2) is 54.9 Å². The molecule has 29 heavy (non-hydrogen) atoms. The Morgan fingerprint density at radius 3 is 2.66 bits per heavy atom. The first-order chi connectivity index (χ1) is 14.1. The van der Waals surface area contributed by atoms with Gasteiger partial charge < -0.3 is 4.74 Å². The number of ether oxygens (including phenoxy) is 1. The van der Waals surface area contributed by atoms with Crippen LogP contribution in [0.2, 0.25) is 5.02 Å². The maximum Gasteiger partial charge on any atom is 0.231 e. The van der Waals surface area contributed by atoms with E-state index in [2.05, 4.69) is 10.1 Å². The van der Waals surface area contributed by atoms with Crippen molar-refractivity contribution < 1.29 is 9.53 Å². The van der Waals surface area contributed by atoms with Gasteiger partial charge >= 0.3 is 0 Å². The van der Waals surface area contributed by atoms with E-state index in [9.17, 15) is 4.79 Å². The minimum Gasteiger partial charge on any atom is -0.496 e. The Kier molecular flexibility index (Phi) is 5.53. The fraction of sp³-hybridized carbons (Fsp3) is 0.318. The number of methoxy groups -OCH3 is 1. The van der Waals surface area contributed by atoms with Gasteiger partial charge in [-0.15, -0.1) is 0 Å². The molecule has 0 aliphatic carbocycles. The average molecular weight is 411 g/mol. The largest absolute Gasteiger partial charge is 0.496 e. The van der Waals surface area contributed by atoms with Crippen molar-refractivity contribution in [2.45, 2.75) is 38.3 Å². The number of amides is 1. The average Bonchev–Trinajstić information content (AvgIpc) is 3.23. The molecule has 0 unspecified atom stereocenters.